The Hall–Kier alpha value is -2.95. The molecule has 7 nitrogen and oxygen atoms in total. The van der Waals surface area contributed by atoms with Gasteiger partial charge in [-0.15, -0.1) is 0 Å². The van der Waals surface area contributed by atoms with Crippen LogP contribution in [0, 0.1) is 5.82 Å². The fraction of sp³-hybridized carbons (Fsp3) is 0.400. The van der Waals surface area contributed by atoms with Crippen molar-refractivity contribution in [3.05, 3.63) is 58.6 Å². The number of fused-ring (bicyclic) bond motifs is 2. The molecule has 2 aliphatic rings. The molecular weight excluding hydrogens is 501 g/mol. The first-order valence-corrected chi connectivity index (χ1v) is 12.0. The Morgan fingerprint density at radius 3 is 2.53 bits per heavy atom. The summed E-state index contributed by atoms with van der Waals surface area (Å²) < 4.78 is 61.3. The number of alkyl halides is 2. The normalized spacial score (nSPS) is 17.8. The van der Waals surface area contributed by atoms with E-state index in [2.05, 4.69) is 5.32 Å². The molecule has 0 bridgehead atoms. The van der Waals surface area contributed by atoms with Crippen LogP contribution in [-0.4, -0.2) is 54.8 Å². The summed E-state index contributed by atoms with van der Waals surface area (Å²) in [6, 6.07) is 6.53. The summed E-state index contributed by atoms with van der Waals surface area (Å²) in [5.41, 5.74) is -0.0423. The third-order valence-corrected chi connectivity index (χ3v) is 6.64. The number of ether oxygens (including phenoxy) is 2. The summed E-state index contributed by atoms with van der Waals surface area (Å²) in [7, 11) is 0. The lowest BCUT2D eigenvalue weighted by Crippen LogP contribution is -2.51. The summed E-state index contributed by atoms with van der Waals surface area (Å²) in [6.07, 6.45) is 0.162. The van der Waals surface area contributed by atoms with Crippen molar-refractivity contribution in [2.45, 2.75) is 30.9 Å². The predicted molar refractivity (Wildman–Crippen MR) is 125 cm³/mol. The van der Waals surface area contributed by atoms with Crippen LogP contribution >= 0.6 is 11.6 Å². The number of likely N-dealkylation sites (tertiary alicyclic amines) is 1. The topological polar surface area (TPSA) is 84.2 Å². The van der Waals surface area contributed by atoms with E-state index in [-0.39, 0.29) is 42.4 Å². The van der Waals surface area contributed by atoms with Gasteiger partial charge in [0.25, 0.3) is 5.91 Å². The van der Waals surface area contributed by atoms with Gasteiger partial charge in [0.2, 0.25) is 0 Å². The second-order valence-corrected chi connectivity index (χ2v) is 9.35. The highest BCUT2D eigenvalue weighted by atomic mass is 35.5. The van der Waals surface area contributed by atoms with Crippen LogP contribution in [-0.2, 0) is 10.7 Å². The van der Waals surface area contributed by atoms with E-state index in [0.29, 0.717) is 23.5 Å². The van der Waals surface area contributed by atoms with Gasteiger partial charge in [-0.25, -0.2) is 4.39 Å². The number of carbonyl (C=O) groups is 1. The molecule has 3 aromatic rings. The van der Waals surface area contributed by atoms with Crippen molar-refractivity contribution in [2.75, 3.05) is 32.8 Å². The number of nitrogens with one attached hydrogen (secondary N) is 1. The number of benzene rings is 2. The highest BCUT2D eigenvalue weighted by Gasteiger charge is 2.46. The van der Waals surface area contributed by atoms with E-state index in [1.807, 2.05) is 4.90 Å². The molecule has 1 saturated heterocycles. The molecule has 0 aliphatic carbocycles. The monoisotopic (exact) mass is 524 g/mol. The van der Waals surface area contributed by atoms with Crippen molar-refractivity contribution in [3.63, 3.8) is 0 Å². The highest BCUT2D eigenvalue weighted by Crippen LogP contribution is 2.37. The lowest BCUT2D eigenvalue weighted by atomic mass is 9.99. The fourth-order valence-electron chi connectivity index (χ4n) is 4.53. The van der Waals surface area contributed by atoms with Gasteiger partial charge in [0, 0.05) is 28.6 Å². The summed E-state index contributed by atoms with van der Waals surface area (Å²) >= 11 is 5.92. The van der Waals surface area contributed by atoms with E-state index < -0.39 is 35.6 Å². The first-order valence-electron chi connectivity index (χ1n) is 11.6. The van der Waals surface area contributed by atoms with E-state index in [1.54, 1.807) is 0 Å². The number of furan rings is 1. The molecule has 2 atom stereocenters. The third-order valence-electron chi connectivity index (χ3n) is 6.40. The number of hydrogen-bond donors (Lipinski definition) is 2. The molecule has 11 heteroatoms. The van der Waals surface area contributed by atoms with Crippen molar-refractivity contribution in [1.29, 1.82) is 0 Å². The molecule has 0 saturated carbocycles. The minimum Gasteiger partial charge on any atom is -0.486 e. The number of carbonyl (C=O) groups excluding carboxylic acids is 1. The molecule has 0 unspecified atom stereocenters. The number of aliphatic hydroxyl groups is 1. The number of hydrogen-bond acceptors (Lipinski definition) is 6. The summed E-state index contributed by atoms with van der Waals surface area (Å²) in [4.78, 5) is 14.8. The molecule has 3 heterocycles. The van der Waals surface area contributed by atoms with Gasteiger partial charge in [0.15, 0.2) is 17.3 Å². The maximum Gasteiger partial charge on any atom is 0.380 e. The molecule has 2 N–H and O–H groups in total. The lowest BCUT2D eigenvalue weighted by molar-refractivity contribution is -0.151. The zero-order chi connectivity index (χ0) is 25.4. The zero-order valence-electron chi connectivity index (χ0n) is 19.1. The van der Waals surface area contributed by atoms with Gasteiger partial charge in [-0.3, -0.25) is 4.79 Å². The van der Waals surface area contributed by atoms with Crippen LogP contribution in [0.3, 0.4) is 0 Å². The van der Waals surface area contributed by atoms with Crippen molar-refractivity contribution < 1.29 is 37.0 Å². The van der Waals surface area contributed by atoms with Gasteiger partial charge in [0.05, 0.1) is 6.04 Å². The largest absolute Gasteiger partial charge is 0.486 e. The Morgan fingerprint density at radius 1 is 1.11 bits per heavy atom. The second-order valence-electron chi connectivity index (χ2n) is 8.92. The Morgan fingerprint density at radius 2 is 1.81 bits per heavy atom. The van der Waals surface area contributed by atoms with Gasteiger partial charge in [0.1, 0.15) is 30.7 Å². The molecule has 0 spiro atoms. The van der Waals surface area contributed by atoms with Gasteiger partial charge >= 0.3 is 5.92 Å². The van der Waals surface area contributed by atoms with Gasteiger partial charge in [-0.2, -0.15) is 8.78 Å². The fourth-order valence-corrected chi connectivity index (χ4v) is 4.71. The summed E-state index contributed by atoms with van der Waals surface area (Å²) in [5, 5.41) is 14.0. The van der Waals surface area contributed by atoms with Crippen LogP contribution in [0.4, 0.5) is 13.2 Å². The van der Waals surface area contributed by atoms with Crippen molar-refractivity contribution in [3.8, 4) is 11.5 Å². The van der Waals surface area contributed by atoms with Crippen LogP contribution < -0.4 is 14.8 Å². The third kappa shape index (κ3) is 4.85. The molecule has 1 fully saturated rings. The van der Waals surface area contributed by atoms with Gasteiger partial charge in [-0.05, 0) is 56.3 Å². The molecule has 0 radical (unpaired) electrons. The maximum atomic E-state index is 15.2. The number of amides is 1. The van der Waals surface area contributed by atoms with Gasteiger partial charge < -0.3 is 29.2 Å². The van der Waals surface area contributed by atoms with Crippen molar-refractivity contribution in [2.24, 2.45) is 0 Å². The Labute approximate surface area is 209 Å². The maximum absolute atomic E-state index is 15.2. The average Bonchev–Trinajstić information content (AvgIpc) is 3.52. The second kappa shape index (κ2) is 9.84. The molecule has 1 aromatic heterocycles. The average molecular weight is 525 g/mol. The molecule has 5 rings (SSSR count). The molecule has 2 aromatic carbocycles. The smallest absolute Gasteiger partial charge is 0.380 e. The van der Waals surface area contributed by atoms with Crippen LogP contribution in [0.25, 0.3) is 11.0 Å². The van der Waals surface area contributed by atoms with Gasteiger partial charge in [-0.1, -0.05) is 11.6 Å². The predicted octanol–water partition coefficient (Wildman–Crippen LogP) is 4.40. The van der Waals surface area contributed by atoms with Crippen LogP contribution in [0.1, 0.15) is 30.3 Å². The number of rotatable bonds is 7. The van der Waals surface area contributed by atoms with E-state index in [9.17, 15) is 14.3 Å². The van der Waals surface area contributed by atoms with Crippen LogP contribution in [0.5, 0.6) is 11.5 Å². The minimum absolute atomic E-state index is 0.0482. The van der Waals surface area contributed by atoms with E-state index >= 15 is 8.78 Å². The first kappa shape index (κ1) is 24.7. The molecule has 192 valence electrons. The quantitative estimate of drug-likeness (QED) is 0.476. The minimum atomic E-state index is -4.06. The first-order chi connectivity index (χ1) is 17.2. The Bertz CT molecular complexity index is 1280. The summed E-state index contributed by atoms with van der Waals surface area (Å²) in [6.45, 7) is 1.89. The van der Waals surface area contributed by atoms with E-state index in [0.717, 1.165) is 25.0 Å². The van der Waals surface area contributed by atoms with Crippen LogP contribution in [0.15, 0.2) is 40.8 Å². The standard InChI is InChI=1S/C25H24ClF3N2O5/c26-15-3-4-19-14(9-15)10-22(36-19)25(28,29)24(33)30-18(13-31-5-1-2-6-31)23(32)16-11-20-21(12-17(16)27)35-8-7-34-20/h3-4,9-12,18,23,32H,1-2,5-8,13H2,(H,30,33)/t18-,23+/m1/s1. The lowest BCUT2D eigenvalue weighted by Gasteiger charge is -2.30. The number of nitrogens with zero attached hydrogens (tertiary/aromatic N) is 1. The zero-order valence-corrected chi connectivity index (χ0v) is 19.9. The SMILES string of the molecule is O=C(N[C@H](CN1CCCC1)[C@@H](O)c1cc2c(cc1F)OCCO2)C(F)(F)c1cc2cc(Cl)ccc2o1. The highest BCUT2D eigenvalue weighted by molar-refractivity contribution is 6.31. The van der Waals surface area contributed by atoms with E-state index in [1.165, 1.54) is 24.3 Å². The molecule has 36 heavy (non-hydrogen) atoms. The van der Waals surface area contributed by atoms with Crippen molar-refractivity contribution in [1.82, 2.24) is 10.2 Å². The molecular formula is C25H24ClF3N2O5. The van der Waals surface area contributed by atoms with E-state index in [4.69, 9.17) is 25.5 Å². The van der Waals surface area contributed by atoms with Crippen LogP contribution in [0.2, 0.25) is 5.02 Å². The van der Waals surface area contributed by atoms with Crippen molar-refractivity contribution >= 4 is 28.5 Å². The number of halogens is 4. The molecule has 1 amide bonds. The Kier molecular flexibility index (Phi) is 6.76. The molecule has 2 aliphatic heterocycles. The Balaban J connectivity index is 1.42. The summed E-state index contributed by atoms with van der Waals surface area (Å²) in [5.74, 6) is -6.97. The number of aliphatic hydroxyl groups excluding tert-OH is 1.